The summed E-state index contributed by atoms with van der Waals surface area (Å²) in [6.07, 6.45) is 1.62. The number of aromatic nitrogens is 3. The standard InChI is InChI=1S/C18H18N4O3S/c1-3-25-16-10-12(8-9-14(16)23)11-19-22-17(20-21-18(22)26)13-6-4-5-7-15(13)24-2/h4-11,23H,3H2,1-2H3,(H,21,26)/b19-11+. The highest BCUT2D eigenvalue weighted by Crippen LogP contribution is 2.28. The summed E-state index contributed by atoms with van der Waals surface area (Å²) in [5.41, 5.74) is 1.51. The molecule has 0 saturated carbocycles. The third-order valence-electron chi connectivity index (χ3n) is 3.60. The minimum Gasteiger partial charge on any atom is -0.504 e. The molecule has 8 heteroatoms. The lowest BCUT2D eigenvalue weighted by molar-refractivity contribution is 0.318. The minimum atomic E-state index is 0.0821. The quantitative estimate of drug-likeness (QED) is 0.511. The van der Waals surface area contributed by atoms with Gasteiger partial charge in [0.05, 0.1) is 25.5 Å². The maximum Gasteiger partial charge on any atom is 0.216 e. The van der Waals surface area contributed by atoms with Crippen molar-refractivity contribution < 1.29 is 14.6 Å². The van der Waals surface area contributed by atoms with E-state index >= 15 is 0 Å². The Bertz CT molecular complexity index is 994. The molecule has 0 saturated heterocycles. The SMILES string of the molecule is CCOc1cc(/C=N/n2c(-c3ccccc3OC)n[nH]c2=S)ccc1O. The van der Waals surface area contributed by atoms with E-state index in [0.29, 0.717) is 28.7 Å². The van der Waals surface area contributed by atoms with E-state index in [1.165, 1.54) is 4.68 Å². The van der Waals surface area contributed by atoms with Crippen LogP contribution in [-0.4, -0.2) is 39.9 Å². The molecule has 26 heavy (non-hydrogen) atoms. The van der Waals surface area contributed by atoms with Crippen LogP contribution >= 0.6 is 12.2 Å². The number of nitrogens with zero attached hydrogens (tertiary/aromatic N) is 3. The Hall–Kier alpha value is -3.13. The van der Waals surface area contributed by atoms with Gasteiger partial charge in [0.25, 0.3) is 0 Å². The number of rotatable bonds is 6. The largest absolute Gasteiger partial charge is 0.504 e. The second kappa shape index (κ2) is 7.83. The molecular formula is C18H18N4O3S. The average molecular weight is 370 g/mol. The molecule has 0 unspecified atom stereocenters. The zero-order valence-electron chi connectivity index (χ0n) is 14.3. The fraction of sp³-hybridized carbons (Fsp3) is 0.167. The number of methoxy groups -OCH3 is 1. The van der Waals surface area contributed by atoms with Gasteiger partial charge in [-0.3, -0.25) is 0 Å². The highest BCUT2D eigenvalue weighted by molar-refractivity contribution is 7.71. The van der Waals surface area contributed by atoms with Crippen LogP contribution in [0.1, 0.15) is 12.5 Å². The first kappa shape index (κ1) is 17.7. The zero-order chi connectivity index (χ0) is 18.5. The summed E-state index contributed by atoms with van der Waals surface area (Å²) >= 11 is 5.28. The van der Waals surface area contributed by atoms with Gasteiger partial charge in [-0.15, -0.1) is 0 Å². The molecule has 0 amide bonds. The van der Waals surface area contributed by atoms with Gasteiger partial charge in [0, 0.05) is 0 Å². The number of ether oxygens (including phenoxy) is 2. The topological polar surface area (TPSA) is 84.7 Å². The second-order valence-electron chi connectivity index (χ2n) is 5.27. The lowest BCUT2D eigenvalue weighted by atomic mass is 10.2. The van der Waals surface area contributed by atoms with Crippen molar-refractivity contribution in [1.29, 1.82) is 0 Å². The van der Waals surface area contributed by atoms with Gasteiger partial charge in [-0.05, 0) is 55.0 Å². The number of hydrogen-bond donors (Lipinski definition) is 2. The molecule has 0 aliphatic carbocycles. The van der Waals surface area contributed by atoms with Crippen LogP contribution in [0.15, 0.2) is 47.6 Å². The van der Waals surface area contributed by atoms with E-state index in [0.717, 1.165) is 11.1 Å². The molecule has 2 N–H and O–H groups in total. The zero-order valence-corrected chi connectivity index (χ0v) is 15.2. The van der Waals surface area contributed by atoms with Crippen molar-refractivity contribution in [3.05, 3.63) is 52.8 Å². The highest BCUT2D eigenvalue weighted by atomic mass is 32.1. The smallest absolute Gasteiger partial charge is 0.216 e. The van der Waals surface area contributed by atoms with Crippen molar-refractivity contribution in [2.45, 2.75) is 6.92 Å². The van der Waals surface area contributed by atoms with Crippen LogP contribution < -0.4 is 9.47 Å². The van der Waals surface area contributed by atoms with E-state index in [1.807, 2.05) is 31.2 Å². The summed E-state index contributed by atoms with van der Waals surface area (Å²) in [5, 5.41) is 21.2. The predicted molar refractivity (Wildman–Crippen MR) is 102 cm³/mol. The van der Waals surface area contributed by atoms with Gasteiger partial charge in [-0.25, -0.2) is 5.10 Å². The van der Waals surface area contributed by atoms with Gasteiger partial charge in [-0.1, -0.05) is 12.1 Å². The average Bonchev–Trinajstić information content (AvgIpc) is 3.03. The number of phenols is 1. The normalized spacial score (nSPS) is 11.0. The fourth-order valence-corrected chi connectivity index (χ4v) is 2.59. The fourth-order valence-electron chi connectivity index (χ4n) is 2.41. The third kappa shape index (κ3) is 3.60. The van der Waals surface area contributed by atoms with Crippen LogP contribution in [0.2, 0.25) is 0 Å². The third-order valence-corrected chi connectivity index (χ3v) is 3.87. The molecule has 0 atom stereocenters. The Morgan fingerprint density at radius 2 is 2.08 bits per heavy atom. The number of aromatic hydroxyl groups is 1. The van der Waals surface area contributed by atoms with Crippen molar-refractivity contribution in [2.75, 3.05) is 13.7 Å². The van der Waals surface area contributed by atoms with Gasteiger partial charge >= 0.3 is 0 Å². The number of aromatic amines is 1. The van der Waals surface area contributed by atoms with Crippen molar-refractivity contribution in [3.8, 4) is 28.6 Å². The Morgan fingerprint density at radius 1 is 1.27 bits per heavy atom. The van der Waals surface area contributed by atoms with E-state index in [-0.39, 0.29) is 5.75 Å². The molecule has 3 rings (SSSR count). The highest BCUT2D eigenvalue weighted by Gasteiger charge is 2.13. The van der Waals surface area contributed by atoms with E-state index in [4.69, 9.17) is 21.7 Å². The molecule has 0 aliphatic rings. The summed E-state index contributed by atoms with van der Waals surface area (Å²) in [6, 6.07) is 12.5. The lowest BCUT2D eigenvalue weighted by Gasteiger charge is -2.07. The van der Waals surface area contributed by atoms with Crippen molar-refractivity contribution in [3.63, 3.8) is 0 Å². The number of H-pyrrole nitrogens is 1. The van der Waals surface area contributed by atoms with Crippen molar-refractivity contribution in [2.24, 2.45) is 5.10 Å². The molecule has 1 aromatic heterocycles. The molecule has 134 valence electrons. The van der Waals surface area contributed by atoms with Crippen molar-refractivity contribution >= 4 is 18.4 Å². The van der Waals surface area contributed by atoms with Crippen LogP contribution in [0.5, 0.6) is 17.2 Å². The first-order valence-electron chi connectivity index (χ1n) is 7.95. The van der Waals surface area contributed by atoms with Gasteiger partial charge in [0.1, 0.15) is 5.75 Å². The Balaban J connectivity index is 1.99. The summed E-state index contributed by atoms with van der Waals surface area (Å²) < 4.78 is 12.6. The van der Waals surface area contributed by atoms with E-state index in [2.05, 4.69) is 15.3 Å². The molecule has 0 spiro atoms. The molecule has 0 fully saturated rings. The Labute approximate surface area is 155 Å². The molecule has 0 radical (unpaired) electrons. The number of para-hydroxylation sites is 1. The summed E-state index contributed by atoms with van der Waals surface area (Å²) in [7, 11) is 1.60. The summed E-state index contributed by atoms with van der Waals surface area (Å²) in [5.74, 6) is 1.68. The van der Waals surface area contributed by atoms with Gasteiger partial charge in [-0.2, -0.15) is 14.9 Å². The second-order valence-corrected chi connectivity index (χ2v) is 5.66. The number of nitrogens with one attached hydrogen (secondary N) is 1. The van der Waals surface area contributed by atoms with Crippen LogP contribution in [0.25, 0.3) is 11.4 Å². The summed E-state index contributed by atoms with van der Waals surface area (Å²) in [6.45, 7) is 2.31. The van der Waals surface area contributed by atoms with E-state index in [9.17, 15) is 5.11 Å². The van der Waals surface area contributed by atoms with Crippen LogP contribution in [0.4, 0.5) is 0 Å². The number of hydrogen-bond acceptors (Lipinski definition) is 6. The number of benzene rings is 2. The van der Waals surface area contributed by atoms with Crippen molar-refractivity contribution in [1.82, 2.24) is 14.9 Å². The number of phenolic OH excluding ortho intramolecular Hbond substituents is 1. The molecule has 7 nitrogen and oxygen atoms in total. The van der Waals surface area contributed by atoms with E-state index in [1.54, 1.807) is 31.5 Å². The molecule has 1 heterocycles. The maximum absolute atomic E-state index is 9.79. The van der Waals surface area contributed by atoms with Gasteiger partial charge < -0.3 is 14.6 Å². The van der Waals surface area contributed by atoms with E-state index < -0.39 is 0 Å². The molecule has 0 aliphatic heterocycles. The van der Waals surface area contributed by atoms with Gasteiger partial charge in [0.2, 0.25) is 4.77 Å². The minimum absolute atomic E-state index is 0.0821. The van der Waals surface area contributed by atoms with Crippen LogP contribution in [0.3, 0.4) is 0 Å². The molecule has 2 aromatic carbocycles. The maximum atomic E-state index is 9.79. The molecule has 3 aromatic rings. The Morgan fingerprint density at radius 3 is 2.85 bits per heavy atom. The summed E-state index contributed by atoms with van der Waals surface area (Å²) in [4.78, 5) is 0. The van der Waals surface area contributed by atoms with Crippen LogP contribution in [-0.2, 0) is 0 Å². The predicted octanol–water partition coefficient (Wildman–Crippen LogP) is 3.60. The Kier molecular flexibility index (Phi) is 5.33. The lowest BCUT2D eigenvalue weighted by Crippen LogP contribution is -1.97. The molecule has 0 bridgehead atoms. The first-order valence-corrected chi connectivity index (χ1v) is 8.35. The van der Waals surface area contributed by atoms with Gasteiger partial charge in [0.15, 0.2) is 17.3 Å². The van der Waals surface area contributed by atoms with Crippen LogP contribution in [0, 0.1) is 4.77 Å². The molecular weight excluding hydrogens is 352 g/mol. The monoisotopic (exact) mass is 370 g/mol. The first-order chi connectivity index (χ1) is 12.6.